The van der Waals surface area contributed by atoms with Crippen LogP contribution in [0.25, 0.3) is 0 Å². The summed E-state index contributed by atoms with van der Waals surface area (Å²) in [5.41, 5.74) is 0. The predicted octanol–water partition coefficient (Wildman–Crippen LogP) is 2.50. The van der Waals surface area contributed by atoms with Crippen LogP contribution in [0.3, 0.4) is 0 Å². The minimum Gasteiger partial charge on any atom is -0.212 e. The molecule has 0 saturated heterocycles. The van der Waals surface area contributed by atoms with E-state index in [4.69, 9.17) is 11.6 Å². The van der Waals surface area contributed by atoms with Crippen LogP contribution in [0, 0.1) is 5.92 Å². The first kappa shape index (κ1) is 14.3. The Morgan fingerprint density at radius 1 is 1.25 bits per heavy atom. The maximum atomic E-state index is 11.8. The number of halogens is 1. The summed E-state index contributed by atoms with van der Waals surface area (Å²) in [5, 5.41) is -0.0514. The number of sulfonamides is 1. The molecule has 3 nitrogen and oxygen atoms in total. The molecule has 0 amide bonds. The molecule has 0 heterocycles. The van der Waals surface area contributed by atoms with E-state index in [0.717, 1.165) is 32.1 Å². The first-order valence-electron chi connectivity index (χ1n) is 6.05. The molecule has 0 spiro atoms. The summed E-state index contributed by atoms with van der Waals surface area (Å²) in [4.78, 5) is 0. The molecule has 0 aromatic rings. The van der Waals surface area contributed by atoms with Gasteiger partial charge in [0.15, 0.2) is 0 Å². The Morgan fingerprint density at radius 3 is 2.50 bits per heavy atom. The summed E-state index contributed by atoms with van der Waals surface area (Å²) < 4.78 is 26.4. The van der Waals surface area contributed by atoms with Crippen LogP contribution in [-0.2, 0) is 10.0 Å². The molecule has 1 rings (SSSR count). The fraction of sp³-hybridized carbons (Fsp3) is 1.00. The summed E-state index contributed by atoms with van der Waals surface area (Å²) in [5.74, 6) is 0.338. The highest BCUT2D eigenvalue weighted by Gasteiger charge is 2.26. The van der Waals surface area contributed by atoms with E-state index >= 15 is 0 Å². The lowest BCUT2D eigenvalue weighted by atomic mass is 10.1. The molecule has 2 unspecified atom stereocenters. The van der Waals surface area contributed by atoms with Gasteiger partial charge in [-0.25, -0.2) is 13.1 Å². The zero-order valence-electron chi connectivity index (χ0n) is 10.1. The van der Waals surface area contributed by atoms with Crippen LogP contribution < -0.4 is 4.72 Å². The van der Waals surface area contributed by atoms with Crippen molar-refractivity contribution in [2.24, 2.45) is 5.92 Å². The lowest BCUT2D eigenvalue weighted by Gasteiger charge is -2.21. The van der Waals surface area contributed by atoms with Crippen molar-refractivity contribution in [1.29, 1.82) is 0 Å². The second-order valence-electron chi connectivity index (χ2n) is 5.05. The second-order valence-corrected chi connectivity index (χ2v) is 7.41. The summed E-state index contributed by atoms with van der Waals surface area (Å²) >= 11 is 6.20. The fourth-order valence-electron chi connectivity index (χ4n) is 2.11. The first-order chi connectivity index (χ1) is 7.41. The van der Waals surface area contributed by atoms with Crippen molar-refractivity contribution in [1.82, 2.24) is 4.72 Å². The van der Waals surface area contributed by atoms with E-state index in [1.165, 1.54) is 0 Å². The van der Waals surface area contributed by atoms with Gasteiger partial charge in [-0.2, -0.15) is 0 Å². The van der Waals surface area contributed by atoms with E-state index < -0.39 is 10.0 Å². The van der Waals surface area contributed by atoms with Crippen molar-refractivity contribution >= 4 is 21.6 Å². The Labute approximate surface area is 104 Å². The third-order valence-corrected chi connectivity index (χ3v) is 5.11. The van der Waals surface area contributed by atoms with E-state index in [0.29, 0.717) is 0 Å². The molecule has 0 aromatic carbocycles. The second kappa shape index (κ2) is 6.22. The van der Waals surface area contributed by atoms with Crippen LogP contribution in [0.1, 0.15) is 46.0 Å². The quantitative estimate of drug-likeness (QED) is 0.628. The van der Waals surface area contributed by atoms with Crippen LogP contribution >= 0.6 is 11.6 Å². The Morgan fingerprint density at radius 2 is 1.88 bits per heavy atom. The van der Waals surface area contributed by atoms with E-state index in [9.17, 15) is 8.42 Å². The van der Waals surface area contributed by atoms with Crippen molar-refractivity contribution in [2.75, 3.05) is 5.75 Å². The van der Waals surface area contributed by atoms with Gasteiger partial charge in [-0.15, -0.1) is 11.6 Å². The van der Waals surface area contributed by atoms with Crippen LogP contribution in [0.2, 0.25) is 0 Å². The number of nitrogens with one attached hydrogen (secondary N) is 1. The van der Waals surface area contributed by atoms with Crippen LogP contribution in [0.15, 0.2) is 0 Å². The average Bonchev–Trinajstić information content (AvgIpc) is 2.29. The summed E-state index contributed by atoms with van der Waals surface area (Å²) in [6, 6.07) is -0.0760. The molecule has 1 saturated carbocycles. The molecule has 96 valence electrons. The van der Waals surface area contributed by atoms with Crippen molar-refractivity contribution in [2.45, 2.75) is 57.4 Å². The van der Waals surface area contributed by atoms with Gasteiger partial charge >= 0.3 is 0 Å². The van der Waals surface area contributed by atoms with Gasteiger partial charge in [0.05, 0.1) is 5.75 Å². The maximum Gasteiger partial charge on any atom is 0.212 e. The van der Waals surface area contributed by atoms with Gasteiger partial charge in [0.2, 0.25) is 10.0 Å². The molecule has 16 heavy (non-hydrogen) atoms. The molecular weight excluding hydrogens is 246 g/mol. The molecule has 1 fully saturated rings. The highest BCUT2D eigenvalue weighted by Crippen LogP contribution is 2.23. The number of rotatable bonds is 4. The van der Waals surface area contributed by atoms with Crippen LogP contribution in [0.5, 0.6) is 0 Å². The summed E-state index contributed by atoms with van der Waals surface area (Å²) in [7, 11) is -3.16. The molecule has 2 atom stereocenters. The minimum atomic E-state index is -3.16. The lowest BCUT2D eigenvalue weighted by molar-refractivity contribution is 0.508. The summed E-state index contributed by atoms with van der Waals surface area (Å²) in [6.07, 6.45) is 5.11. The SMILES string of the molecule is CC(C)CS(=O)(=O)NC1CCCCCC1Cl. The summed E-state index contributed by atoms with van der Waals surface area (Å²) in [6.45, 7) is 3.81. The molecule has 0 aliphatic heterocycles. The van der Waals surface area contributed by atoms with Crippen LogP contribution in [-0.4, -0.2) is 25.6 Å². The first-order valence-corrected chi connectivity index (χ1v) is 8.13. The third-order valence-electron chi connectivity index (χ3n) is 2.82. The highest BCUT2D eigenvalue weighted by atomic mass is 35.5. The highest BCUT2D eigenvalue weighted by molar-refractivity contribution is 7.89. The fourth-order valence-corrected chi connectivity index (χ4v) is 4.25. The molecule has 1 aliphatic carbocycles. The van der Waals surface area contributed by atoms with E-state index in [1.54, 1.807) is 0 Å². The molecule has 5 heteroatoms. The Hall–Kier alpha value is 0.200. The maximum absolute atomic E-state index is 11.8. The predicted molar refractivity (Wildman–Crippen MR) is 68.3 cm³/mol. The topological polar surface area (TPSA) is 46.2 Å². The van der Waals surface area contributed by atoms with Crippen molar-refractivity contribution < 1.29 is 8.42 Å². The molecule has 1 aliphatic rings. The van der Waals surface area contributed by atoms with E-state index in [-0.39, 0.29) is 23.1 Å². The van der Waals surface area contributed by atoms with Gasteiger partial charge in [0.1, 0.15) is 0 Å². The van der Waals surface area contributed by atoms with Crippen molar-refractivity contribution in [3.8, 4) is 0 Å². The smallest absolute Gasteiger partial charge is 0.212 e. The van der Waals surface area contributed by atoms with Gasteiger partial charge in [0.25, 0.3) is 0 Å². The van der Waals surface area contributed by atoms with Crippen molar-refractivity contribution in [3.05, 3.63) is 0 Å². The third kappa shape index (κ3) is 5.02. The van der Waals surface area contributed by atoms with Gasteiger partial charge < -0.3 is 0 Å². The average molecular weight is 268 g/mol. The zero-order chi connectivity index (χ0) is 12.2. The minimum absolute atomic E-state index is 0.0514. The zero-order valence-corrected chi connectivity index (χ0v) is 11.6. The molecule has 1 N–H and O–H groups in total. The van der Waals surface area contributed by atoms with Gasteiger partial charge in [0, 0.05) is 11.4 Å². The Kier molecular flexibility index (Phi) is 5.54. The van der Waals surface area contributed by atoms with Gasteiger partial charge in [-0.3, -0.25) is 0 Å². The number of hydrogen-bond donors (Lipinski definition) is 1. The van der Waals surface area contributed by atoms with Gasteiger partial charge in [-0.1, -0.05) is 33.1 Å². The Balaban J connectivity index is 2.57. The number of alkyl halides is 1. The molecule has 0 bridgehead atoms. The van der Waals surface area contributed by atoms with E-state index in [1.807, 2.05) is 13.8 Å². The largest absolute Gasteiger partial charge is 0.212 e. The van der Waals surface area contributed by atoms with Crippen LogP contribution in [0.4, 0.5) is 0 Å². The van der Waals surface area contributed by atoms with E-state index in [2.05, 4.69) is 4.72 Å². The molecule has 0 radical (unpaired) electrons. The normalized spacial score (nSPS) is 28.0. The standard InChI is InChI=1S/C11H22ClNO2S/c1-9(2)8-16(14,15)13-11-7-5-3-4-6-10(11)12/h9-11,13H,3-8H2,1-2H3. The molecular formula is C11H22ClNO2S. The van der Waals surface area contributed by atoms with Crippen molar-refractivity contribution in [3.63, 3.8) is 0 Å². The monoisotopic (exact) mass is 267 g/mol. The Bertz CT molecular complexity index is 303. The number of hydrogen-bond acceptors (Lipinski definition) is 2. The van der Waals surface area contributed by atoms with Gasteiger partial charge in [-0.05, 0) is 18.8 Å². The lowest BCUT2D eigenvalue weighted by Crippen LogP contribution is -2.42. The molecule has 0 aromatic heterocycles.